The molecule has 0 saturated carbocycles. The Morgan fingerprint density at radius 1 is 1.47 bits per heavy atom. The molecule has 0 aliphatic carbocycles. The van der Waals surface area contributed by atoms with Crippen molar-refractivity contribution < 1.29 is 9.32 Å². The summed E-state index contributed by atoms with van der Waals surface area (Å²) in [4.78, 5) is 11.0. The Morgan fingerprint density at radius 3 is 2.93 bits per heavy atom. The highest BCUT2D eigenvalue weighted by Gasteiger charge is 2.15. The van der Waals surface area contributed by atoms with Crippen molar-refractivity contribution in [2.24, 2.45) is 0 Å². The summed E-state index contributed by atoms with van der Waals surface area (Å²) in [6.07, 6.45) is 1.42. The molecule has 0 bridgehead atoms. The molecule has 3 nitrogen and oxygen atoms in total. The molecule has 4 heteroatoms. The summed E-state index contributed by atoms with van der Waals surface area (Å²) in [6, 6.07) is 7.69. The fourth-order valence-electron chi connectivity index (χ4n) is 1.40. The molecule has 2 aromatic rings. The van der Waals surface area contributed by atoms with Crippen LogP contribution in [0.5, 0.6) is 0 Å². The van der Waals surface area contributed by atoms with E-state index in [-0.39, 0.29) is 5.69 Å². The predicted molar refractivity (Wildman–Crippen MR) is 56.9 cm³/mol. The number of hydrogen-bond acceptors (Lipinski definition) is 3. The van der Waals surface area contributed by atoms with Crippen LogP contribution in [0, 0.1) is 6.92 Å². The van der Waals surface area contributed by atoms with E-state index in [4.69, 9.17) is 16.1 Å². The van der Waals surface area contributed by atoms with Crippen LogP contribution in [0.25, 0.3) is 11.1 Å². The third kappa shape index (κ3) is 1.92. The second-order valence-electron chi connectivity index (χ2n) is 3.22. The summed E-state index contributed by atoms with van der Waals surface area (Å²) in [5, 5.41) is 2.95. The van der Waals surface area contributed by atoms with Gasteiger partial charge in [0.25, 0.3) is 5.24 Å². The van der Waals surface area contributed by atoms with Gasteiger partial charge in [0, 0.05) is 0 Å². The van der Waals surface area contributed by atoms with Crippen LogP contribution in [0.15, 0.2) is 35.1 Å². The Balaban J connectivity index is 2.54. The molecule has 2 rings (SSSR count). The molecule has 0 amide bonds. The summed E-state index contributed by atoms with van der Waals surface area (Å²) in [5.74, 6) is 0. The van der Waals surface area contributed by atoms with Gasteiger partial charge in [0.15, 0.2) is 5.69 Å². The van der Waals surface area contributed by atoms with Gasteiger partial charge in [-0.25, -0.2) is 0 Å². The zero-order chi connectivity index (χ0) is 10.8. The molecule has 0 saturated heterocycles. The van der Waals surface area contributed by atoms with E-state index in [0.717, 1.165) is 11.1 Å². The zero-order valence-corrected chi connectivity index (χ0v) is 8.78. The van der Waals surface area contributed by atoms with E-state index in [1.807, 2.05) is 31.2 Å². The van der Waals surface area contributed by atoms with Crippen molar-refractivity contribution in [2.45, 2.75) is 6.92 Å². The third-order valence-corrected chi connectivity index (χ3v) is 2.26. The van der Waals surface area contributed by atoms with Crippen LogP contribution in [0.3, 0.4) is 0 Å². The number of hydrogen-bond donors (Lipinski definition) is 0. The molecule has 1 aromatic carbocycles. The fraction of sp³-hybridized carbons (Fsp3) is 0.0909. The van der Waals surface area contributed by atoms with Gasteiger partial charge in [-0.15, -0.1) is 0 Å². The number of aromatic nitrogens is 1. The molecule has 1 aromatic heterocycles. The molecule has 15 heavy (non-hydrogen) atoms. The Labute approximate surface area is 91.6 Å². The molecule has 0 aliphatic rings. The lowest BCUT2D eigenvalue weighted by Crippen LogP contribution is -1.91. The van der Waals surface area contributed by atoms with Gasteiger partial charge in [-0.2, -0.15) is 0 Å². The van der Waals surface area contributed by atoms with Gasteiger partial charge in [-0.1, -0.05) is 35.0 Å². The van der Waals surface area contributed by atoms with Crippen LogP contribution in [0.1, 0.15) is 16.1 Å². The lowest BCUT2D eigenvalue weighted by molar-refractivity contribution is 0.107. The molecule has 0 radical (unpaired) electrons. The summed E-state index contributed by atoms with van der Waals surface area (Å²) in [5.41, 5.74) is 2.75. The molecule has 0 aliphatic heterocycles. The first-order valence-corrected chi connectivity index (χ1v) is 4.77. The van der Waals surface area contributed by atoms with E-state index in [1.165, 1.54) is 6.26 Å². The Morgan fingerprint density at radius 2 is 2.27 bits per heavy atom. The van der Waals surface area contributed by atoms with Crippen molar-refractivity contribution in [3.8, 4) is 11.1 Å². The van der Waals surface area contributed by atoms with Crippen LogP contribution in [0.2, 0.25) is 0 Å². The quantitative estimate of drug-likeness (QED) is 0.732. The molecule has 1 heterocycles. The Hall–Kier alpha value is -1.61. The molecule has 0 fully saturated rings. The molecule has 0 spiro atoms. The minimum atomic E-state index is -0.611. The molecule has 0 atom stereocenters. The van der Waals surface area contributed by atoms with E-state index in [0.29, 0.717) is 5.56 Å². The summed E-state index contributed by atoms with van der Waals surface area (Å²) >= 11 is 5.38. The van der Waals surface area contributed by atoms with Crippen LogP contribution in [-0.2, 0) is 0 Å². The molecule has 76 valence electrons. The van der Waals surface area contributed by atoms with Crippen molar-refractivity contribution in [2.75, 3.05) is 0 Å². The monoisotopic (exact) mass is 221 g/mol. The highest BCUT2D eigenvalue weighted by Crippen LogP contribution is 2.24. The van der Waals surface area contributed by atoms with E-state index in [9.17, 15) is 4.79 Å². The molecular weight excluding hydrogens is 214 g/mol. The van der Waals surface area contributed by atoms with E-state index >= 15 is 0 Å². The van der Waals surface area contributed by atoms with Crippen molar-refractivity contribution in [1.82, 2.24) is 5.16 Å². The second-order valence-corrected chi connectivity index (χ2v) is 3.56. The Bertz CT molecular complexity index is 505. The summed E-state index contributed by atoms with van der Waals surface area (Å²) in [6.45, 7) is 1.97. The summed E-state index contributed by atoms with van der Waals surface area (Å²) < 4.78 is 4.75. The first-order valence-electron chi connectivity index (χ1n) is 4.40. The second kappa shape index (κ2) is 3.87. The SMILES string of the molecule is Cc1cccc(-c2conc2C(=O)Cl)c1. The highest BCUT2D eigenvalue weighted by atomic mass is 35.5. The molecular formula is C11H8ClNO2. The number of nitrogens with zero attached hydrogens (tertiary/aromatic N) is 1. The van der Waals surface area contributed by atoms with Gasteiger partial charge in [-0.3, -0.25) is 4.79 Å². The number of rotatable bonds is 2. The highest BCUT2D eigenvalue weighted by molar-refractivity contribution is 6.68. The maximum atomic E-state index is 11.0. The molecule has 0 N–H and O–H groups in total. The Kier molecular flexibility index (Phi) is 2.56. The van der Waals surface area contributed by atoms with E-state index in [2.05, 4.69) is 5.16 Å². The van der Waals surface area contributed by atoms with Crippen LogP contribution in [0.4, 0.5) is 0 Å². The van der Waals surface area contributed by atoms with Gasteiger partial charge in [-0.05, 0) is 24.1 Å². The normalized spacial score (nSPS) is 10.3. The topological polar surface area (TPSA) is 43.1 Å². The standard InChI is InChI=1S/C11H8ClNO2/c1-7-3-2-4-8(5-7)9-6-15-13-10(9)11(12)14/h2-6H,1H3. The van der Waals surface area contributed by atoms with Gasteiger partial charge in [0.1, 0.15) is 6.26 Å². The average Bonchev–Trinajstić information content (AvgIpc) is 2.65. The largest absolute Gasteiger partial charge is 0.363 e. The van der Waals surface area contributed by atoms with Gasteiger partial charge >= 0.3 is 0 Å². The van der Waals surface area contributed by atoms with Gasteiger partial charge in [0.2, 0.25) is 0 Å². The number of carbonyl (C=O) groups excluding carboxylic acids is 1. The molecule has 0 unspecified atom stereocenters. The van der Waals surface area contributed by atoms with Crippen LogP contribution < -0.4 is 0 Å². The lowest BCUT2D eigenvalue weighted by atomic mass is 10.0. The zero-order valence-electron chi connectivity index (χ0n) is 8.03. The van der Waals surface area contributed by atoms with Gasteiger partial charge < -0.3 is 4.52 Å². The maximum absolute atomic E-state index is 11.0. The van der Waals surface area contributed by atoms with Crippen LogP contribution in [-0.4, -0.2) is 10.4 Å². The van der Waals surface area contributed by atoms with Crippen molar-refractivity contribution in [3.63, 3.8) is 0 Å². The van der Waals surface area contributed by atoms with Crippen molar-refractivity contribution in [1.29, 1.82) is 0 Å². The fourth-order valence-corrected chi connectivity index (χ4v) is 1.53. The van der Waals surface area contributed by atoms with Crippen LogP contribution >= 0.6 is 11.6 Å². The van der Waals surface area contributed by atoms with Crippen molar-refractivity contribution in [3.05, 3.63) is 41.8 Å². The van der Waals surface area contributed by atoms with Gasteiger partial charge in [0.05, 0.1) is 5.56 Å². The first kappa shape index (κ1) is 9.93. The first-order chi connectivity index (χ1) is 7.18. The minimum Gasteiger partial charge on any atom is -0.363 e. The van der Waals surface area contributed by atoms with E-state index in [1.54, 1.807) is 0 Å². The average molecular weight is 222 g/mol. The number of halogens is 1. The van der Waals surface area contributed by atoms with Crippen molar-refractivity contribution >= 4 is 16.8 Å². The lowest BCUT2D eigenvalue weighted by Gasteiger charge is -1.99. The number of aryl methyl sites for hydroxylation is 1. The minimum absolute atomic E-state index is 0.155. The predicted octanol–water partition coefficient (Wildman–Crippen LogP) is 3.03. The number of carbonyl (C=O) groups is 1. The number of benzene rings is 1. The maximum Gasteiger partial charge on any atom is 0.275 e. The summed E-state index contributed by atoms with van der Waals surface area (Å²) in [7, 11) is 0. The third-order valence-electron chi connectivity index (χ3n) is 2.08. The smallest absolute Gasteiger partial charge is 0.275 e. The van der Waals surface area contributed by atoms with E-state index < -0.39 is 5.24 Å².